The molecule has 21 heavy (non-hydrogen) atoms. The summed E-state index contributed by atoms with van der Waals surface area (Å²) < 4.78 is 0. The van der Waals surface area contributed by atoms with Crippen LogP contribution in [0.15, 0.2) is 18.2 Å². The van der Waals surface area contributed by atoms with Crippen LogP contribution in [0.1, 0.15) is 42.5 Å². The summed E-state index contributed by atoms with van der Waals surface area (Å²) in [6.45, 7) is 1.80. The van der Waals surface area contributed by atoms with Gasteiger partial charge in [0.1, 0.15) is 0 Å². The lowest BCUT2D eigenvalue weighted by molar-refractivity contribution is 0.0522. The highest BCUT2D eigenvalue weighted by molar-refractivity contribution is 6.31. The quantitative estimate of drug-likeness (QED) is 0.894. The minimum Gasteiger partial charge on any atom is -0.387 e. The number of nitrogens with zero attached hydrogens (tertiary/aromatic N) is 1. The molecule has 0 aromatic heterocycles. The molecule has 0 radical (unpaired) electrons. The lowest BCUT2D eigenvalue weighted by atomic mass is 9.75. The fourth-order valence-electron chi connectivity index (χ4n) is 3.87. The summed E-state index contributed by atoms with van der Waals surface area (Å²) in [6.07, 6.45) is 6.48. The number of amides is 1. The van der Waals surface area contributed by atoms with Crippen LogP contribution in [-0.4, -0.2) is 30.9 Å². The molecule has 1 saturated carbocycles. The molecule has 4 heteroatoms. The van der Waals surface area contributed by atoms with E-state index in [1.807, 2.05) is 24.1 Å². The molecular formula is C17H23ClN2O. The zero-order valence-corrected chi connectivity index (χ0v) is 13.3. The van der Waals surface area contributed by atoms with Gasteiger partial charge in [-0.05, 0) is 42.9 Å². The molecule has 1 aromatic rings. The van der Waals surface area contributed by atoms with Gasteiger partial charge >= 0.3 is 0 Å². The minimum absolute atomic E-state index is 0.117. The van der Waals surface area contributed by atoms with Crippen LogP contribution < -0.4 is 5.32 Å². The number of fused-ring (bicyclic) bond motifs is 1. The van der Waals surface area contributed by atoms with Gasteiger partial charge in [0.2, 0.25) is 0 Å². The monoisotopic (exact) mass is 306 g/mol. The summed E-state index contributed by atoms with van der Waals surface area (Å²) in [5, 5.41) is 3.71. The number of anilines is 1. The predicted molar refractivity (Wildman–Crippen MR) is 87.0 cm³/mol. The van der Waals surface area contributed by atoms with Crippen LogP contribution in [-0.2, 0) is 0 Å². The van der Waals surface area contributed by atoms with Crippen LogP contribution in [0.2, 0.25) is 5.02 Å². The largest absolute Gasteiger partial charge is 0.387 e. The number of nitrogens with one attached hydrogen (secondary N) is 1. The van der Waals surface area contributed by atoms with Crippen LogP contribution >= 0.6 is 11.6 Å². The molecule has 1 heterocycles. The second-order valence-corrected chi connectivity index (χ2v) is 6.72. The molecule has 1 aliphatic heterocycles. The zero-order chi connectivity index (χ0) is 14.8. The summed E-state index contributed by atoms with van der Waals surface area (Å²) in [5.41, 5.74) is 1.55. The molecule has 1 amide bonds. The van der Waals surface area contributed by atoms with Gasteiger partial charge in [0, 0.05) is 30.8 Å². The second kappa shape index (κ2) is 6.27. The third-order valence-corrected chi connectivity index (χ3v) is 5.29. The fourth-order valence-corrected chi connectivity index (χ4v) is 4.04. The SMILES string of the molecule is CNc1ccc(Cl)cc1C(=O)N1CCC2CCCCC2C1. The summed E-state index contributed by atoms with van der Waals surface area (Å²) in [6, 6.07) is 5.48. The van der Waals surface area contributed by atoms with Gasteiger partial charge in [0.15, 0.2) is 0 Å². The predicted octanol–water partition coefficient (Wildman–Crippen LogP) is 4.03. The van der Waals surface area contributed by atoms with Gasteiger partial charge in [0.05, 0.1) is 5.56 Å². The maximum atomic E-state index is 12.8. The van der Waals surface area contributed by atoms with Gasteiger partial charge in [-0.25, -0.2) is 0 Å². The molecule has 3 rings (SSSR count). The number of carbonyl (C=O) groups excluding carboxylic acids is 1. The molecule has 1 saturated heterocycles. The Morgan fingerprint density at radius 1 is 1.24 bits per heavy atom. The number of hydrogen-bond donors (Lipinski definition) is 1. The molecule has 2 fully saturated rings. The summed E-state index contributed by atoms with van der Waals surface area (Å²) in [5.74, 6) is 1.66. The first-order chi connectivity index (χ1) is 10.2. The second-order valence-electron chi connectivity index (χ2n) is 6.28. The van der Waals surface area contributed by atoms with E-state index >= 15 is 0 Å². The Balaban J connectivity index is 1.77. The molecule has 0 bridgehead atoms. The first-order valence-corrected chi connectivity index (χ1v) is 8.33. The normalized spacial score (nSPS) is 25.3. The van der Waals surface area contributed by atoms with E-state index in [9.17, 15) is 4.79 Å². The van der Waals surface area contributed by atoms with E-state index in [4.69, 9.17) is 11.6 Å². The van der Waals surface area contributed by atoms with Crippen LogP contribution in [0, 0.1) is 11.8 Å². The molecule has 1 aliphatic carbocycles. The molecule has 1 N–H and O–H groups in total. The standard InChI is InChI=1S/C17H23ClN2O/c1-19-16-7-6-14(18)10-15(16)17(21)20-9-8-12-4-2-3-5-13(12)11-20/h6-7,10,12-13,19H,2-5,8-9,11H2,1H3. The maximum absolute atomic E-state index is 12.8. The number of carbonyl (C=O) groups is 1. The highest BCUT2D eigenvalue weighted by Crippen LogP contribution is 2.36. The Kier molecular flexibility index (Phi) is 4.39. The van der Waals surface area contributed by atoms with E-state index in [0.717, 1.165) is 31.1 Å². The number of hydrogen-bond acceptors (Lipinski definition) is 2. The summed E-state index contributed by atoms with van der Waals surface area (Å²) in [4.78, 5) is 14.9. The molecular weight excluding hydrogens is 284 g/mol. The van der Waals surface area contributed by atoms with Gasteiger partial charge in [0.25, 0.3) is 5.91 Å². The highest BCUT2D eigenvalue weighted by Gasteiger charge is 2.33. The van der Waals surface area contributed by atoms with Gasteiger partial charge < -0.3 is 10.2 Å². The van der Waals surface area contributed by atoms with E-state index in [1.54, 1.807) is 6.07 Å². The van der Waals surface area contributed by atoms with Gasteiger partial charge in [-0.2, -0.15) is 0 Å². The molecule has 1 aromatic carbocycles. The van der Waals surface area contributed by atoms with Crippen molar-refractivity contribution in [2.75, 3.05) is 25.5 Å². The summed E-state index contributed by atoms with van der Waals surface area (Å²) in [7, 11) is 1.84. The van der Waals surface area contributed by atoms with Crippen LogP contribution in [0.5, 0.6) is 0 Å². The number of piperidine rings is 1. The zero-order valence-electron chi connectivity index (χ0n) is 12.6. The maximum Gasteiger partial charge on any atom is 0.256 e. The van der Waals surface area contributed by atoms with E-state index in [2.05, 4.69) is 5.32 Å². The Hall–Kier alpha value is -1.22. The van der Waals surface area contributed by atoms with Crippen molar-refractivity contribution in [1.29, 1.82) is 0 Å². The van der Waals surface area contributed by atoms with Crippen molar-refractivity contribution in [2.45, 2.75) is 32.1 Å². The number of likely N-dealkylation sites (tertiary alicyclic amines) is 1. The molecule has 2 unspecified atom stereocenters. The van der Waals surface area contributed by atoms with Crippen molar-refractivity contribution in [2.24, 2.45) is 11.8 Å². The van der Waals surface area contributed by atoms with Gasteiger partial charge in [-0.15, -0.1) is 0 Å². The third-order valence-electron chi connectivity index (χ3n) is 5.06. The smallest absolute Gasteiger partial charge is 0.256 e. The van der Waals surface area contributed by atoms with Crippen molar-refractivity contribution >= 4 is 23.2 Å². The molecule has 114 valence electrons. The molecule has 2 aliphatic rings. The number of halogens is 1. The lowest BCUT2D eigenvalue weighted by Gasteiger charge is -2.41. The average molecular weight is 307 g/mol. The molecule has 3 nitrogen and oxygen atoms in total. The first-order valence-electron chi connectivity index (χ1n) is 7.95. The van der Waals surface area contributed by atoms with E-state index in [-0.39, 0.29) is 5.91 Å². The number of rotatable bonds is 2. The third kappa shape index (κ3) is 3.03. The van der Waals surface area contributed by atoms with Crippen molar-refractivity contribution in [1.82, 2.24) is 4.90 Å². The number of benzene rings is 1. The topological polar surface area (TPSA) is 32.3 Å². The fraction of sp³-hybridized carbons (Fsp3) is 0.588. The van der Waals surface area contributed by atoms with Crippen molar-refractivity contribution < 1.29 is 4.79 Å². The average Bonchev–Trinajstić information content (AvgIpc) is 2.53. The van der Waals surface area contributed by atoms with Crippen molar-refractivity contribution in [3.8, 4) is 0 Å². The van der Waals surface area contributed by atoms with Gasteiger partial charge in [-0.3, -0.25) is 4.79 Å². The first kappa shape index (κ1) is 14.7. The van der Waals surface area contributed by atoms with E-state index < -0.39 is 0 Å². The Bertz CT molecular complexity index is 532. The van der Waals surface area contributed by atoms with E-state index in [0.29, 0.717) is 16.5 Å². The Labute approximate surface area is 131 Å². The van der Waals surface area contributed by atoms with Crippen molar-refractivity contribution in [3.05, 3.63) is 28.8 Å². The molecule has 0 spiro atoms. The van der Waals surface area contributed by atoms with Crippen LogP contribution in [0.3, 0.4) is 0 Å². The van der Waals surface area contributed by atoms with Crippen molar-refractivity contribution in [3.63, 3.8) is 0 Å². The summed E-state index contributed by atoms with van der Waals surface area (Å²) >= 11 is 6.07. The van der Waals surface area contributed by atoms with Gasteiger partial charge in [-0.1, -0.05) is 30.9 Å². The lowest BCUT2D eigenvalue weighted by Crippen LogP contribution is -2.44. The minimum atomic E-state index is 0.117. The van der Waals surface area contributed by atoms with Crippen LogP contribution in [0.4, 0.5) is 5.69 Å². The Morgan fingerprint density at radius 3 is 2.76 bits per heavy atom. The van der Waals surface area contributed by atoms with Crippen LogP contribution in [0.25, 0.3) is 0 Å². The van der Waals surface area contributed by atoms with E-state index in [1.165, 1.54) is 25.7 Å². The Morgan fingerprint density at radius 2 is 2.00 bits per heavy atom. The molecule has 2 atom stereocenters. The highest BCUT2D eigenvalue weighted by atomic mass is 35.5.